The Morgan fingerprint density at radius 3 is 2.53 bits per heavy atom. The quantitative estimate of drug-likeness (QED) is 0.105. The minimum atomic E-state index is -1.12. The highest BCUT2D eigenvalue weighted by molar-refractivity contribution is 7.99. The molecule has 2 saturated heterocycles. The number of carbonyl (C=O) groups excluding carboxylic acids is 3. The molecule has 5 aliphatic rings. The molecule has 0 saturated carbocycles. The number of aryl methyl sites for hydroxylation is 1. The smallest absolute Gasteiger partial charge is 0.408 e. The number of nitrogens with zero attached hydrogens (tertiary/aromatic N) is 3. The lowest BCUT2D eigenvalue weighted by Gasteiger charge is -2.62. The van der Waals surface area contributed by atoms with Crippen LogP contribution in [0.2, 0.25) is 0 Å². The number of piperazine rings is 1. The van der Waals surface area contributed by atoms with Crippen LogP contribution < -0.4 is 29.0 Å². The minimum Gasteiger partial charge on any atom is -0.493 e. The van der Waals surface area contributed by atoms with Gasteiger partial charge in [-0.15, -0.1) is 18.3 Å². The SMILES string of the molecule is C=CCN1[C@@H]2c3c(cc(C)c(OC)c3OCOCCOC)C[C@@H]1[C@H](C#N)N1C2[C@@H]2SCC(NC(=O)OC(C)(C)C)C(=O)OC[C@@H]1c1c3c(c(C)c(OC(C)=O)c12)OCO3. The summed E-state index contributed by atoms with van der Waals surface area (Å²) in [5.74, 6) is 1.01. The van der Waals surface area contributed by atoms with Gasteiger partial charge in [-0.3, -0.25) is 14.6 Å². The van der Waals surface area contributed by atoms with Crippen LogP contribution in [0.15, 0.2) is 18.7 Å². The Morgan fingerprint density at radius 2 is 1.85 bits per heavy atom. The number of amides is 1. The Balaban J connectivity index is 1.49. The third-order valence-electron chi connectivity index (χ3n) is 11.2. The molecule has 17 heteroatoms. The topological polar surface area (TPSA) is 177 Å². The fourth-order valence-electron chi connectivity index (χ4n) is 9.19. The zero-order chi connectivity index (χ0) is 42.3. The van der Waals surface area contributed by atoms with Crippen molar-refractivity contribution < 1.29 is 57.0 Å². The Hall–Kier alpha value is -4.73. The molecule has 1 amide bonds. The molecule has 7 rings (SSSR count). The Labute approximate surface area is 348 Å². The molecule has 5 heterocycles. The largest absolute Gasteiger partial charge is 0.493 e. The number of thioether (sulfide) groups is 1. The van der Waals surface area contributed by atoms with E-state index in [0.29, 0.717) is 71.6 Å². The van der Waals surface area contributed by atoms with Crippen molar-refractivity contribution in [1.29, 1.82) is 5.26 Å². The lowest BCUT2D eigenvalue weighted by Crippen LogP contribution is -2.70. The van der Waals surface area contributed by atoms with Crippen molar-refractivity contribution >= 4 is 29.8 Å². The molecule has 2 fully saturated rings. The highest BCUT2D eigenvalue weighted by Crippen LogP contribution is 2.64. The maximum absolute atomic E-state index is 14.0. The lowest BCUT2D eigenvalue weighted by atomic mass is 9.71. The number of alkyl carbamates (subject to hydrolysis) is 1. The highest BCUT2D eigenvalue weighted by Gasteiger charge is 2.61. The number of nitrogens with one attached hydrogen (secondary N) is 1. The van der Waals surface area contributed by atoms with E-state index in [9.17, 15) is 19.6 Å². The number of nitriles is 1. The molecule has 0 aromatic heterocycles. The number of carbonyl (C=O) groups is 3. The van der Waals surface area contributed by atoms with E-state index in [0.717, 1.165) is 16.7 Å². The summed E-state index contributed by atoms with van der Waals surface area (Å²) in [5.41, 5.74) is 3.70. The third-order valence-corrected chi connectivity index (χ3v) is 12.6. The van der Waals surface area contributed by atoms with Gasteiger partial charge in [0.15, 0.2) is 29.8 Å². The van der Waals surface area contributed by atoms with Crippen LogP contribution in [-0.4, -0.2) is 118 Å². The average molecular weight is 837 g/mol. The molecule has 2 unspecified atom stereocenters. The highest BCUT2D eigenvalue weighted by atomic mass is 32.2. The van der Waals surface area contributed by atoms with Gasteiger partial charge in [-0.25, -0.2) is 9.59 Å². The number of ether oxygens (including phenoxy) is 9. The van der Waals surface area contributed by atoms with Crippen molar-refractivity contribution in [2.24, 2.45) is 0 Å². The van der Waals surface area contributed by atoms with Crippen molar-refractivity contribution in [3.8, 4) is 34.8 Å². The van der Waals surface area contributed by atoms with Crippen LogP contribution in [-0.2, 0) is 35.0 Å². The summed E-state index contributed by atoms with van der Waals surface area (Å²) in [5, 5.41) is 13.4. The van der Waals surface area contributed by atoms with E-state index in [4.69, 9.17) is 42.6 Å². The van der Waals surface area contributed by atoms with Crippen LogP contribution in [0.3, 0.4) is 0 Å². The number of rotatable bonds is 11. The first-order valence-corrected chi connectivity index (χ1v) is 20.6. The van der Waals surface area contributed by atoms with Crippen LogP contribution in [0.5, 0.6) is 28.7 Å². The third kappa shape index (κ3) is 7.77. The van der Waals surface area contributed by atoms with Crippen LogP contribution >= 0.6 is 11.8 Å². The summed E-state index contributed by atoms with van der Waals surface area (Å²) in [6.07, 6.45) is 1.53. The number of esters is 2. The number of benzene rings is 2. The summed E-state index contributed by atoms with van der Waals surface area (Å²) < 4.78 is 53.7. The van der Waals surface area contributed by atoms with Crippen LogP contribution in [0.4, 0.5) is 4.79 Å². The standard InChI is InChI=1S/C42H52N4O12S/c1-10-11-45-26-15-24-14-21(2)34(51-9)37(54-19-52-13-12-50-8)29(24)32(45)33-39-31-30(38-36(55-20-56-38)22(3)35(31)57-23(4)47)28(46(33)27(26)16-43)17-53-40(48)25(18-59-39)44-41(49)58-42(5,6)7/h10,14,25-28,32-33,39H,1,11-13,15,17-20H2,2-9H3,(H,44,49)/t25?,26-,27+,28-,32-,33?,39-/m1/s1. The molecular weight excluding hydrogens is 785 g/mol. The second-order valence-corrected chi connectivity index (χ2v) is 17.2. The molecule has 0 radical (unpaired) electrons. The molecular formula is C42H52N4O12S. The summed E-state index contributed by atoms with van der Waals surface area (Å²) in [4.78, 5) is 44.5. The molecule has 318 valence electrons. The first-order valence-electron chi connectivity index (χ1n) is 19.6. The Bertz CT molecular complexity index is 2050. The van der Waals surface area contributed by atoms with Gasteiger partial charge in [0, 0.05) is 60.7 Å². The second-order valence-electron chi connectivity index (χ2n) is 16.0. The van der Waals surface area contributed by atoms with Crippen molar-refractivity contribution in [2.45, 2.75) is 95.1 Å². The Kier molecular flexibility index (Phi) is 12.3. The van der Waals surface area contributed by atoms with Gasteiger partial charge in [0.25, 0.3) is 0 Å². The van der Waals surface area contributed by atoms with E-state index in [1.807, 2.05) is 19.9 Å². The summed E-state index contributed by atoms with van der Waals surface area (Å²) in [6, 6.07) is 0.695. The fraction of sp³-hybridized carbons (Fsp3) is 0.571. The molecule has 7 atom stereocenters. The maximum atomic E-state index is 14.0. The monoisotopic (exact) mass is 836 g/mol. The predicted octanol–water partition coefficient (Wildman–Crippen LogP) is 4.97. The van der Waals surface area contributed by atoms with Crippen molar-refractivity contribution in [3.05, 3.63) is 52.1 Å². The predicted molar refractivity (Wildman–Crippen MR) is 214 cm³/mol. The van der Waals surface area contributed by atoms with Gasteiger partial charge in [-0.05, 0) is 52.2 Å². The van der Waals surface area contributed by atoms with Gasteiger partial charge >= 0.3 is 18.0 Å². The lowest BCUT2D eigenvalue weighted by molar-refractivity contribution is -0.151. The van der Waals surface area contributed by atoms with Gasteiger partial charge in [0.2, 0.25) is 6.79 Å². The zero-order valence-corrected chi connectivity index (χ0v) is 35.5. The first kappa shape index (κ1) is 42.4. The number of hydrogen-bond donors (Lipinski definition) is 1. The zero-order valence-electron chi connectivity index (χ0n) is 34.7. The Morgan fingerprint density at radius 1 is 1.08 bits per heavy atom. The molecule has 0 spiro atoms. The number of fused-ring (bicyclic) bond motifs is 9. The average Bonchev–Trinajstić information content (AvgIpc) is 3.67. The first-order chi connectivity index (χ1) is 28.2. The summed E-state index contributed by atoms with van der Waals surface area (Å²) >= 11 is 1.38. The molecule has 16 nitrogen and oxygen atoms in total. The van der Waals surface area contributed by atoms with E-state index in [1.165, 1.54) is 18.7 Å². The van der Waals surface area contributed by atoms with Gasteiger partial charge < -0.3 is 47.9 Å². The van der Waals surface area contributed by atoms with Crippen LogP contribution in [0.25, 0.3) is 0 Å². The van der Waals surface area contributed by atoms with Gasteiger partial charge in [-0.1, -0.05) is 12.1 Å². The molecule has 59 heavy (non-hydrogen) atoms. The van der Waals surface area contributed by atoms with E-state index < -0.39 is 59.1 Å². The summed E-state index contributed by atoms with van der Waals surface area (Å²) in [6.45, 7) is 15.2. The van der Waals surface area contributed by atoms with Gasteiger partial charge in [-0.2, -0.15) is 5.26 Å². The van der Waals surface area contributed by atoms with Crippen molar-refractivity contribution in [3.63, 3.8) is 0 Å². The molecule has 2 aromatic rings. The van der Waals surface area contributed by atoms with Crippen molar-refractivity contribution in [2.75, 3.05) is 59.9 Å². The fourth-order valence-corrected chi connectivity index (χ4v) is 10.7. The van der Waals surface area contributed by atoms with Crippen LogP contribution in [0, 0.1) is 25.2 Å². The number of hydrogen-bond acceptors (Lipinski definition) is 16. The van der Waals surface area contributed by atoms with E-state index in [-0.39, 0.29) is 32.0 Å². The van der Waals surface area contributed by atoms with E-state index in [1.54, 1.807) is 35.0 Å². The van der Waals surface area contributed by atoms with Crippen LogP contribution in [0.1, 0.15) is 78.4 Å². The molecule has 4 bridgehead atoms. The van der Waals surface area contributed by atoms with E-state index in [2.05, 4.69) is 33.8 Å². The van der Waals surface area contributed by atoms with E-state index >= 15 is 0 Å². The number of methoxy groups -OCH3 is 2. The molecule has 2 aromatic carbocycles. The number of cyclic esters (lactones) is 1. The van der Waals surface area contributed by atoms with Gasteiger partial charge in [0.1, 0.15) is 30.0 Å². The normalized spacial score (nSPS) is 25.7. The molecule has 1 N–H and O–H groups in total. The molecule has 5 aliphatic heterocycles. The summed E-state index contributed by atoms with van der Waals surface area (Å²) in [7, 11) is 3.19. The maximum Gasteiger partial charge on any atom is 0.408 e. The van der Waals surface area contributed by atoms with Gasteiger partial charge in [0.05, 0.1) is 43.7 Å². The second kappa shape index (κ2) is 17.1. The molecule has 0 aliphatic carbocycles. The van der Waals surface area contributed by atoms with Crippen molar-refractivity contribution in [1.82, 2.24) is 15.1 Å². The minimum absolute atomic E-state index is 0.0276.